The van der Waals surface area contributed by atoms with Gasteiger partial charge in [0.25, 0.3) is 0 Å². The summed E-state index contributed by atoms with van der Waals surface area (Å²) >= 11 is 1.09. The van der Waals surface area contributed by atoms with Crippen molar-refractivity contribution < 1.29 is 14.0 Å². The molecule has 0 saturated carbocycles. The van der Waals surface area contributed by atoms with Crippen molar-refractivity contribution in [1.82, 2.24) is 5.32 Å². The monoisotopic (exact) mass is 423 g/mol. The molecule has 1 unspecified atom stereocenters. The first-order valence-corrected chi connectivity index (χ1v) is 10.6. The summed E-state index contributed by atoms with van der Waals surface area (Å²) in [5.41, 5.74) is 2.87. The molecule has 0 fully saturated rings. The Bertz CT molecular complexity index is 1030. The lowest BCUT2D eigenvalue weighted by molar-refractivity contribution is -0.121. The first-order valence-electron chi connectivity index (χ1n) is 9.59. The van der Waals surface area contributed by atoms with Crippen LogP contribution in [0.4, 0.5) is 10.1 Å². The third kappa shape index (κ3) is 5.28. The maximum absolute atomic E-state index is 13.3. The molecule has 1 heterocycles. The predicted molar refractivity (Wildman–Crippen MR) is 116 cm³/mol. The third-order valence-corrected chi connectivity index (χ3v) is 5.83. The summed E-state index contributed by atoms with van der Waals surface area (Å²) < 4.78 is 13.3. The van der Waals surface area contributed by atoms with Crippen molar-refractivity contribution in [3.8, 4) is 6.07 Å². The van der Waals surface area contributed by atoms with Crippen molar-refractivity contribution in [2.75, 3.05) is 11.1 Å². The van der Waals surface area contributed by atoms with Crippen LogP contribution >= 0.6 is 11.8 Å². The maximum atomic E-state index is 13.3. The summed E-state index contributed by atoms with van der Waals surface area (Å²) in [4.78, 5) is 24.5. The minimum Gasteiger partial charge on any atom is -0.325 e. The first-order chi connectivity index (χ1) is 14.4. The van der Waals surface area contributed by atoms with Crippen LogP contribution in [0.1, 0.15) is 43.2 Å². The number of anilines is 1. The number of thioether (sulfide) groups is 1. The number of nitriles is 1. The van der Waals surface area contributed by atoms with Crippen molar-refractivity contribution in [1.29, 1.82) is 5.26 Å². The Morgan fingerprint density at radius 3 is 2.67 bits per heavy atom. The Kier molecular flexibility index (Phi) is 6.91. The van der Waals surface area contributed by atoms with Crippen LogP contribution in [0.25, 0.3) is 0 Å². The molecule has 0 bridgehead atoms. The van der Waals surface area contributed by atoms with E-state index in [0.29, 0.717) is 22.2 Å². The van der Waals surface area contributed by atoms with Gasteiger partial charge in [0.1, 0.15) is 5.82 Å². The quantitative estimate of drug-likeness (QED) is 0.708. The van der Waals surface area contributed by atoms with Crippen molar-refractivity contribution in [3.05, 3.63) is 76.1 Å². The Balaban J connectivity index is 1.75. The van der Waals surface area contributed by atoms with Gasteiger partial charge in [-0.3, -0.25) is 9.59 Å². The standard InChI is InChI=1S/C23H22FN3O2S/c1-14(2)15-6-8-16(9-7-15)19-11-21(28)27-23(20(19)12-25)30-13-22(29)26-18-5-3-4-17(24)10-18/h3-10,14,19H,11,13H2,1-2H3,(H,26,29)(H,27,28). The number of amides is 2. The molecule has 5 nitrogen and oxygen atoms in total. The van der Waals surface area contributed by atoms with Crippen LogP contribution in [0.3, 0.4) is 0 Å². The number of rotatable bonds is 6. The van der Waals surface area contributed by atoms with Crippen LogP contribution in [0.5, 0.6) is 0 Å². The molecule has 1 atom stereocenters. The van der Waals surface area contributed by atoms with E-state index in [1.165, 1.54) is 23.8 Å². The highest BCUT2D eigenvalue weighted by Gasteiger charge is 2.29. The van der Waals surface area contributed by atoms with E-state index in [2.05, 4.69) is 30.6 Å². The van der Waals surface area contributed by atoms with Gasteiger partial charge in [0, 0.05) is 18.0 Å². The summed E-state index contributed by atoms with van der Waals surface area (Å²) in [7, 11) is 0. The van der Waals surface area contributed by atoms with E-state index >= 15 is 0 Å². The van der Waals surface area contributed by atoms with Gasteiger partial charge < -0.3 is 10.6 Å². The Hall–Kier alpha value is -3.11. The summed E-state index contributed by atoms with van der Waals surface area (Å²) in [6, 6.07) is 15.7. The van der Waals surface area contributed by atoms with Gasteiger partial charge in [0.15, 0.2) is 0 Å². The first kappa shape index (κ1) is 21.6. The number of nitrogens with one attached hydrogen (secondary N) is 2. The van der Waals surface area contributed by atoms with Crippen LogP contribution in [-0.4, -0.2) is 17.6 Å². The van der Waals surface area contributed by atoms with Crippen LogP contribution in [0.2, 0.25) is 0 Å². The van der Waals surface area contributed by atoms with Gasteiger partial charge in [0.2, 0.25) is 11.8 Å². The second kappa shape index (κ2) is 9.59. The SMILES string of the molecule is CC(C)c1ccc(C2CC(=O)NC(SCC(=O)Nc3cccc(F)c3)=C2C#N)cc1. The number of carbonyl (C=O) groups is 2. The summed E-state index contributed by atoms with van der Waals surface area (Å²) in [5.74, 6) is -0.967. The van der Waals surface area contributed by atoms with Gasteiger partial charge in [-0.15, -0.1) is 0 Å². The molecule has 0 saturated heterocycles. The number of carbonyl (C=O) groups excluding carboxylic acids is 2. The summed E-state index contributed by atoms with van der Waals surface area (Å²) in [6.45, 7) is 4.21. The van der Waals surface area contributed by atoms with Crippen molar-refractivity contribution >= 4 is 29.3 Å². The topological polar surface area (TPSA) is 82.0 Å². The van der Waals surface area contributed by atoms with Gasteiger partial charge in [-0.2, -0.15) is 5.26 Å². The van der Waals surface area contributed by atoms with Crippen LogP contribution in [0.15, 0.2) is 59.1 Å². The lowest BCUT2D eigenvalue weighted by Crippen LogP contribution is -2.31. The molecule has 7 heteroatoms. The molecule has 154 valence electrons. The molecule has 1 aliphatic rings. The number of hydrogen-bond acceptors (Lipinski definition) is 4. The number of allylic oxidation sites excluding steroid dienone is 1. The fourth-order valence-electron chi connectivity index (χ4n) is 3.23. The Labute approximate surface area is 179 Å². The highest BCUT2D eigenvalue weighted by Crippen LogP contribution is 2.36. The van der Waals surface area contributed by atoms with Crippen LogP contribution < -0.4 is 10.6 Å². The largest absolute Gasteiger partial charge is 0.325 e. The second-order valence-electron chi connectivity index (χ2n) is 7.33. The fourth-order valence-corrected chi connectivity index (χ4v) is 4.11. The van der Waals surface area contributed by atoms with E-state index < -0.39 is 5.82 Å². The van der Waals surface area contributed by atoms with Crippen molar-refractivity contribution in [2.45, 2.75) is 32.1 Å². The Morgan fingerprint density at radius 2 is 2.03 bits per heavy atom. The highest BCUT2D eigenvalue weighted by atomic mass is 32.2. The molecule has 1 aliphatic heterocycles. The average Bonchev–Trinajstić information content (AvgIpc) is 2.72. The Morgan fingerprint density at radius 1 is 1.30 bits per heavy atom. The van der Waals surface area contributed by atoms with Crippen molar-refractivity contribution in [3.63, 3.8) is 0 Å². The number of benzene rings is 2. The lowest BCUT2D eigenvalue weighted by atomic mass is 9.86. The zero-order chi connectivity index (χ0) is 21.7. The minimum absolute atomic E-state index is 0.0175. The molecule has 3 rings (SSSR count). The normalized spacial score (nSPS) is 16.2. The molecule has 2 aromatic rings. The second-order valence-corrected chi connectivity index (χ2v) is 8.31. The van der Waals surface area contributed by atoms with Gasteiger partial charge in [0.05, 0.1) is 22.4 Å². The predicted octanol–water partition coefficient (Wildman–Crippen LogP) is 4.66. The zero-order valence-electron chi connectivity index (χ0n) is 16.7. The molecule has 0 radical (unpaired) electrons. The van der Waals surface area contributed by atoms with E-state index in [1.807, 2.05) is 24.3 Å². The molecule has 30 heavy (non-hydrogen) atoms. The molecule has 2 N–H and O–H groups in total. The number of nitrogens with zero attached hydrogens (tertiary/aromatic N) is 1. The molecule has 0 spiro atoms. The number of halogens is 1. The third-order valence-electron chi connectivity index (χ3n) is 4.82. The zero-order valence-corrected chi connectivity index (χ0v) is 17.6. The van der Waals surface area contributed by atoms with E-state index in [9.17, 15) is 19.2 Å². The van der Waals surface area contributed by atoms with Gasteiger partial charge in [-0.25, -0.2) is 4.39 Å². The number of hydrogen-bond donors (Lipinski definition) is 2. The van der Waals surface area contributed by atoms with E-state index in [0.717, 1.165) is 17.3 Å². The average molecular weight is 424 g/mol. The molecule has 2 amide bonds. The summed E-state index contributed by atoms with van der Waals surface area (Å²) in [5, 5.41) is 15.5. The molecular formula is C23H22FN3O2S. The fraction of sp³-hybridized carbons (Fsp3) is 0.261. The smallest absolute Gasteiger partial charge is 0.234 e. The van der Waals surface area contributed by atoms with E-state index in [1.54, 1.807) is 6.07 Å². The minimum atomic E-state index is -0.444. The van der Waals surface area contributed by atoms with Gasteiger partial charge in [-0.1, -0.05) is 55.9 Å². The van der Waals surface area contributed by atoms with E-state index in [4.69, 9.17) is 0 Å². The van der Waals surface area contributed by atoms with Gasteiger partial charge in [-0.05, 0) is 35.2 Å². The summed E-state index contributed by atoms with van der Waals surface area (Å²) in [6.07, 6.45) is 0.184. The van der Waals surface area contributed by atoms with Crippen LogP contribution in [-0.2, 0) is 9.59 Å². The van der Waals surface area contributed by atoms with Gasteiger partial charge >= 0.3 is 0 Å². The molecule has 2 aromatic carbocycles. The molecule has 0 aliphatic carbocycles. The van der Waals surface area contributed by atoms with E-state index in [-0.39, 0.29) is 29.9 Å². The molecular weight excluding hydrogens is 401 g/mol. The maximum Gasteiger partial charge on any atom is 0.234 e. The highest BCUT2D eigenvalue weighted by molar-refractivity contribution is 8.03. The molecule has 0 aromatic heterocycles. The van der Waals surface area contributed by atoms with Crippen LogP contribution in [0, 0.1) is 17.1 Å². The lowest BCUT2D eigenvalue weighted by Gasteiger charge is -2.25. The van der Waals surface area contributed by atoms with Crippen molar-refractivity contribution in [2.24, 2.45) is 0 Å².